The molecule has 0 radical (unpaired) electrons. The minimum atomic E-state index is -0.447. The summed E-state index contributed by atoms with van der Waals surface area (Å²) in [5.41, 5.74) is 7.38. The fourth-order valence-corrected chi connectivity index (χ4v) is 3.62. The van der Waals surface area contributed by atoms with E-state index in [9.17, 15) is 9.90 Å². The number of unbranched alkanes of at least 4 members (excludes halogenated alkanes) is 10. The van der Waals surface area contributed by atoms with E-state index in [0.29, 0.717) is 18.9 Å². The van der Waals surface area contributed by atoms with Crippen LogP contribution in [0, 0.1) is 0 Å². The van der Waals surface area contributed by atoms with Crippen LogP contribution in [-0.2, 0) is 6.42 Å². The highest BCUT2D eigenvalue weighted by Gasteiger charge is 2.17. The summed E-state index contributed by atoms with van der Waals surface area (Å²) in [6.07, 6.45) is 16.0. The molecule has 2 rings (SSSR count). The predicted molar refractivity (Wildman–Crippen MR) is 124 cm³/mol. The number of nitrogens with one attached hydrogen (secondary N) is 1. The predicted octanol–water partition coefficient (Wildman–Crippen LogP) is 5.66. The quantitative estimate of drug-likeness (QED) is 0.299. The topological polar surface area (TPSA) is 101 Å². The van der Waals surface area contributed by atoms with Crippen molar-refractivity contribution in [3.05, 3.63) is 47.7 Å². The van der Waals surface area contributed by atoms with E-state index in [0.717, 1.165) is 18.4 Å². The number of rotatable bonds is 16. The lowest BCUT2D eigenvalue weighted by Crippen LogP contribution is -2.25. The standard InChI is InChI=1S/C25H39N3O3/c1-2-3-4-5-6-7-8-9-10-11-12-17-27-24(30)23-19-31-25(28-23)22(26)18-20-13-15-21(29)16-14-20/h13-16,19,22,29H,2-12,17-18,26H2,1H3,(H,27,30). The number of carbonyl (C=O) groups is 1. The van der Waals surface area contributed by atoms with E-state index >= 15 is 0 Å². The minimum absolute atomic E-state index is 0.213. The average Bonchev–Trinajstić information content (AvgIpc) is 3.26. The lowest BCUT2D eigenvalue weighted by molar-refractivity contribution is 0.0948. The number of aromatic nitrogens is 1. The first-order valence-corrected chi connectivity index (χ1v) is 11.9. The van der Waals surface area contributed by atoms with Gasteiger partial charge in [-0.2, -0.15) is 0 Å². The number of phenolic OH excluding ortho intramolecular Hbond substituents is 1. The molecule has 6 heteroatoms. The maximum Gasteiger partial charge on any atom is 0.273 e. The Kier molecular flexibility index (Phi) is 11.8. The maximum absolute atomic E-state index is 12.3. The number of amides is 1. The van der Waals surface area contributed by atoms with Crippen molar-refractivity contribution in [2.45, 2.75) is 90.0 Å². The molecule has 1 aromatic carbocycles. The first-order valence-electron chi connectivity index (χ1n) is 11.9. The van der Waals surface area contributed by atoms with Gasteiger partial charge in [-0.1, -0.05) is 83.3 Å². The van der Waals surface area contributed by atoms with Crippen LogP contribution in [0.2, 0.25) is 0 Å². The third-order valence-electron chi connectivity index (χ3n) is 5.53. The Morgan fingerprint density at radius 1 is 1.00 bits per heavy atom. The van der Waals surface area contributed by atoms with Gasteiger partial charge in [0.1, 0.15) is 12.0 Å². The van der Waals surface area contributed by atoms with Gasteiger partial charge in [-0.3, -0.25) is 4.79 Å². The van der Waals surface area contributed by atoms with E-state index in [1.807, 2.05) is 0 Å². The summed E-state index contributed by atoms with van der Waals surface area (Å²) in [6, 6.07) is 6.40. The summed E-state index contributed by atoms with van der Waals surface area (Å²) < 4.78 is 5.41. The molecule has 0 fully saturated rings. The van der Waals surface area contributed by atoms with E-state index < -0.39 is 6.04 Å². The third-order valence-corrected chi connectivity index (χ3v) is 5.53. The highest BCUT2D eigenvalue weighted by atomic mass is 16.3. The van der Waals surface area contributed by atoms with Crippen LogP contribution in [-0.4, -0.2) is 22.5 Å². The van der Waals surface area contributed by atoms with Gasteiger partial charge in [0.15, 0.2) is 5.69 Å². The van der Waals surface area contributed by atoms with Crippen molar-refractivity contribution in [2.24, 2.45) is 5.73 Å². The summed E-state index contributed by atoms with van der Waals surface area (Å²) in [6.45, 7) is 2.90. The molecule has 0 spiro atoms. The number of oxazole rings is 1. The van der Waals surface area contributed by atoms with Crippen LogP contribution in [0.15, 0.2) is 34.9 Å². The molecule has 1 amide bonds. The zero-order chi connectivity index (χ0) is 22.3. The Morgan fingerprint density at radius 2 is 1.58 bits per heavy atom. The second-order valence-corrected chi connectivity index (χ2v) is 8.34. The number of carbonyl (C=O) groups excluding carboxylic acids is 1. The molecule has 1 heterocycles. The zero-order valence-corrected chi connectivity index (χ0v) is 18.9. The molecule has 1 unspecified atom stereocenters. The van der Waals surface area contributed by atoms with Crippen LogP contribution in [0.1, 0.15) is 106 Å². The van der Waals surface area contributed by atoms with Gasteiger partial charge in [-0.15, -0.1) is 0 Å². The Bertz CT molecular complexity index is 743. The van der Waals surface area contributed by atoms with E-state index in [2.05, 4.69) is 17.2 Å². The number of nitrogens with zero attached hydrogens (tertiary/aromatic N) is 1. The molecule has 1 atom stereocenters. The molecule has 6 nitrogen and oxygen atoms in total. The van der Waals surface area contributed by atoms with E-state index in [1.54, 1.807) is 24.3 Å². The Morgan fingerprint density at radius 3 is 2.19 bits per heavy atom. The van der Waals surface area contributed by atoms with Crippen LogP contribution < -0.4 is 11.1 Å². The highest BCUT2D eigenvalue weighted by Crippen LogP contribution is 2.18. The monoisotopic (exact) mass is 429 g/mol. The molecular weight excluding hydrogens is 390 g/mol. The summed E-state index contributed by atoms with van der Waals surface area (Å²) in [5, 5.41) is 12.3. The van der Waals surface area contributed by atoms with Crippen molar-refractivity contribution in [1.82, 2.24) is 10.3 Å². The molecule has 0 aliphatic heterocycles. The van der Waals surface area contributed by atoms with Gasteiger partial charge in [0.2, 0.25) is 5.89 Å². The molecule has 31 heavy (non-hydrogen) atoms. The molecule has 4 N–H and O–H groups in total. The van der Waals surface area contributed by atoms with Gasteiger partial charge in [0.05, 0.1) is 6.04 Å². The van der Waals surface area contributed by atoms with Crippen LogP contribution in [0.4, 0.5) is 0 Å². The first kappa shape index (κ1) is 24.9. The van der Waals surface area contributed by atoms with Gasteiger partial charge in [-0.25, -0.2) is 4.98 Å². The lowest BCUT2D eigenvalue weighted by Gasteiger charge is -2.07. The van der Waals surface area contributed by atoms with Gasteiger partial charge < -0.3 is 20.6 Å². The van der Waals surface area contributed by atoms with Crippen molar-refractivity contribution in [3.63, 3.8) is 0 Å². The number of hydrogen-bond acceptors (Lipinski definition) is 5. The molecular formula is C25H39N3O3. The van der Waals surface area contributed by atoms with Crippen molar-refractivity contribution in [3.8, 4) is 5.75 Å². The molecule has 1 aromatic heterocycles. The molecule has 0 saturated carbocycles. The van der Waals surface area contributed by atoms with Gasteiger partial charge in [0.25, 0.3) is 5.91 Å². The molecule has 0 aliphatic carbocycles. The molecule has 0 saturated heterocycles. The zero-order valence-electron chi connectivity index (χ0n) is 18.9. The van der Waals surface area contributed by atoms with Gasteiger partial charge >= 0.3 is 0 Å². The summed E-state index contributed by atoms with van der Waals surface area (Å²) in [4.78, 5) is 16.5. The lowest BCUT2D eigenvalue weighted by atomic mass is 10.1. The molecule has 2 aromatic rings. The van der Waals surface area contributed by atoms with Gasteiger partial charge in [0, 0.05) is 6.54 Å². The summed E-state index contributed by atoms with van der Waals surface area (Å²) in [5.74, 6) is 0.331. The normalized spacial score (nSPS) is 12.1. The average molecular weight is 430 g/mol. The van der Waals surface area contributed by atoms with Crippen molar-refractivity contribution in [1.29, 1.82) is 0 Å². The summed E-state index contributed by atoms with van der Waals surface area (Å²) >= 11 is 0. The fraction of sp³-hybridized carbons (Fsp3) is 0.600. The maximum atomic E-state index is 12.3. The van der Waals surface area contributed by atoms with Crippen molar-refractivity contribution in [2.75, 3.05) is 6.54 Å². The fourth-order valence-electron chi connectivity index (χ4n) is 3.62. The van der Waals surface area contributed by atoms with E-state index in [4.69, 9.17) is 10.2 Å². The minimum Gasteiger partial charge on any atom is -0.508 e. The summed E-state index contributed by atoms with van der Waals surface area (Å²) in [7, 11) is 0. The van der Waals surface area contributed by atoms with E-state index in [1.165, 1.54) is 64.1 Å². The largest absolute Gasteiger partial charge is 0.508 e. The van der Waals surface area contributed by atoms with Crippen LogP contribution in [0.5, 0.6) is 5.75 Å². The number of aromatic hydroxyl groups is 1. The Balaban J connectivity index is 1.55. The Hall–Kier alpha value is -2.34. The number of benzene rings is 1. The smallest absolute Gasteiger partial charge is 0.273 e. The van der Waals surface area contributed by atoms with Crippen LogP contribution in [0.3, 0.4) is 0 Å². The number of hydrogen-bond donors (Lipinski definition) is 3. The van der Waals surface area contributed by atoms with Crippen LogP contribution >= 0.6 is 0 Å². The number of nitrogens with two attached hydrogens (primary N) is 1. The van der Waals surface area contributed by atoms with Gasteiger partial charge in [-0.05, 0) is 30.5 Å². The van der Waals surface area contributed by atoms with Crippen LogP contribution in [0.25, 0.3) is 0 Å². The van der Waals surface area contributed by atoms with Crippen molar-refractivity contribution < 1.29 is 14.3 Å². The molecule has 0 aliphatic rings. The first-order chi connectivity index (χ1) is 15.1. The SMILES string of the molecule is CCCCCCCCCCCCCNC(=O)c1coc(C(N)Cc2ccc(O)cc2)n1. The van der Waals surface area contributed by atoms with Crippen molar-refractivity contribution >= 4 is 5.91 Å². The molecule has 0 bridgehead atoms. The third kappa shape index (κ3) is 10.0. The second-order valence-electron chi connectivity index (χ2n) is 8.34. The Labute approximate surface area is 186 Å². The van der Waals surface area contributed by atoms with E-state index in [-0.39, 0.29) is 17.4 Å². The number of phenols is 1. The highest BCUT2D eigenvalue weighted by molar-refractivity contribution is 5.91. The molecule has 172 valence electrons. The second kappa shape index (κ2) is 14.6.